The van der Waals surface area contributed by atoms with Gasteiger partial charge in [0.05, 0.1) is 7.11 Å². The summed E-state index contributed by atoms with van der Waals surface area (Å²) in [5, 5.41) is 0. The molecule has 1 aromatic heterocycles. The zero-order valence-electron chi connectivity index (χ0n) is 11.0. The van der Waals surface area contributed by atoms with Crippen molar-refractivity contribution in [1.29, 1.82) is 0 Å². The van der Waals surface area contributed by atoms with Crippen LogP contribution in [0.4, 0.5) is 0 Å². The van der Waals surface area contributed by atoms with Crippen molar-refractivity contribution in [3.8, 4) is 0 Å². The van der Waals surface area contributed by atoms with Gasteiger partial charge in [-0.1, -0.05) is 29.8 Å². The number of nitrogens with zero attached hydrogens (tertiary/aromatic N) is 2. The summed E-state index contributed by atoms with van der Waals surface area (Å²) in [5.74, 6) is -0.569. The Labute approximate surface area is 110 Å². The number of ether oxygens (including phenoxy) is 1. The van der Waals surface area contributed by atoms with Crippen molar-refractivity contribution in [3.63, 3.8) is 0 Å². The standard InChI is InChI=1S/C14H14N2O3/c1-9-4-6-10(7-5-9)12(17)13-15-11(8-16(13)2)14(18)19-3/h4-8H,1-3H3. The van der Waals surface area contributed by atoms with Gasteiger partial charge < -0.3 is 9.30 Å². The van der Waals surface area contributed by atoms with Crippen LogP contribution in [-0.4, -0.2) is 28.4 Å². The highest BCUT2D eigenvalue weighted by Crippen LogP contribution is 2.11. The predicted octanol–water partition coefficient (Wildman–Crippen LogP) is 1.75. The van der Waals surface area contributed by atoms with Crippen molar-refractivity contribution in [3.05, 3.63) is 53.1 Å². The SMILES string of the molecule is COC(=O)c1cn(C)c(C(=O)c2ccc(C)cc2)n1. The molecule has 0 fully saturated rings. The number of hydrogen-bond donors (Lipinski definition) is 0. The van der Waals surface area contributed by atoms with Gasteiger partial charge in [-0.05, 0) is 6.92 Å². The minimum absolute atomic E-state index is 0.125. The minimum Gasteiger partial charge on any atom is -0.464 e. The Morgan fingerprint density at radius 3 is 2.42 bits per heavy atom. The van der Waals surface area contributed by atoms with E-state index >= 15 is 0 Å². The highest BCUT2D eigenvalue weighted by molar-refractivity contribution is 6.07. The molecule has 0 N–H and O–H groups in total. The van der Waals surface area contributed by atoms with Crippen LogP contribution in [0, 0.1) is 6.92 Å². The van der Waals surface area contributed by atoms with Crippen molar-refractivity contribution in [2.45, 2.75) is 6.92 Å². The fraction of sp³-hybridized carbons (Fsp3) is 0.214. The monoisotopic (exact) mass is 258 g/mol. The molecule has 19 heavy (non-hydrogen) atoms. The van der Waals surface area contributed by atoms with Crippen LogP contribution in [0.3, 0.4) is 0 Å². The van der Waals surface area contributed by atoms with E-state index in [4.69, 9.17) is 0 Å². The molecule has 0 spiro atoms. The summed E-state index contributed by atoms with van der Waals surface area (Å²) in [4.78, 5) is 27.7. The first kappa shape index (κ1) is 13.0. The third kappa shape index (κ3) is 2.54. The molecule has 0 saturated heterocycles. The molecule has 0 atom stereocenters. The Bertz CT molecular complexity index is 627. The van der Waals surface area contributed by atoms with E-state index in [1.54, 1.807) is 19.2 Å². The number of esters is 1. The van der Waals surface area contributed by atoms with Gasteiger partial charge in [-0.25, -0.2) is 9.78 Å². The molecule has 1 aromatic carbocycles. The van der Waals surface area contributed by atoms with Crippen LogP contribution in [0.15, 0.2) is 30.5 Å². The number of imidazole rings is 1. The number of methoxy groups -OCH3 is 1. The molecule has 0 aliphatic rings. The summed E-state index contributed by atoms with van der Waals surface area (Å²) >= 11 is 0. The summed E-state index contributed by atoms with van der Waals surface area (Å²) < 4.78 is 6.10. The molecule has 5 heteroatoms. The van der Waals surface area contributed by atoms with Gasteiger partial charge in [-0.2, -0.15) is 0 Å². The van der Waals surface area contributed by atoms with Crippen molar-refractivity contribution in [2.75, 3.05) is 7.11 Å². The maximum atomic E-state index is 12.3. The average molecular weight is 258 g/mol. The van der Waals surface area contributed by atoms with Gasteiger partial charge in [0, 0.05) is 18.8 Å². The number of aryl methyl sites for hydroxylation is 2. The molecule has 0 saturated carbocycles. The molecule has 0 bridgehead atoms. The van der Waals surface area contributed by atoms with Crippen LogP contribution in [-0.2, 0) is 11.8 Å². The van der Waals surface area contributed by atoms with E-state index in [0.717, 1.165) is 5.56 Å². The maximum absolute atomic E-state index is 12.3. The predicted molar refractivity (Wildman–Crippen MR) is 69.2 cm³/mol. The van der Waals surface area contributed by atoms with E-state index in [0.29, 0.717) is 5.56 Å². The number of rotatable bonds is 3. The van der Waals surface area contributed by atoms with Crippen molar-refractivity contribution in [1.82, 2.24) is 9.55 Å². The second kappa shape index (κ2) is 5.06. The lowest BCUT2D eigenvalue weighted by Crippen LogP contribution is -2.09. The van der Waals surface area contributed by atoms with Gasteiger partial charge in [0.25, 0.3) is 0 Å². The highest BCUT2D eigenvalue weighted by Gasteiger charge is 2.19. The van der Waals surface area contributed by atoms with E-state index in [1.165, 1.54) is 17.9 Å². The summed E-state index contributed by atoms with van der Waals surface area (Å²) in [5.41, 5.74) is 1.74. The molecule has 0 aliphatic carbocycles. The summed E-state index contributed by atoms with van der Waals surface area (Å²) in [6.07, 6.45) is 1.48. The summed E-state index contributed by atoms with van der Waals surface area (Å²) in [6.45, 7) is 1.95. The van der Waals surface area contributed by atoms with E-state index in [1.807, 2.05) is 19.1 Å². The van der Waals surface area contributed by atoms with Crippen LogP contribution < -0.4 is 0 Å². The number of aromatic nitrogens is 2. The van der Waals surface area contributed by atoms with Gasteiger partial charge >= 0.3 is 5.97 Å². The largest absolute Gasteiger partial charge is 0.464 e. The molecule has 0 radical (unpaired) electrons. The molecular formula is C14H14N2O3. The topological polar surface area (TPSA) is 61.2 Å². The number of carbonyl (C=O) groups excluding carboxylic acids is 2. The molecule has 0 aliphatic heterocycles. The lowest BCUT2D eigenvalue weighted by molar-refractivity contribution is 0.0594. The molecule has 0 unspecified atom stereocenters. The van der Waals surface area contributed by atoms with Gasteiger partial charge in [0.15, 0.2) is 11.5 Å². The molecule has 5 nitrogen and oxygen atoms in total. The Hall–Kier alpha value is -2.43. The zero-order valence-corrected chi connectivity index (χ0v) is 11.0. The van der Waals surface area contributed by atoms with Gasteiger partial charge in [-0.3, -0.25) is 4.79 Å². The first-order valence-electron chi connectivity index (χ1n) is 5.76. The van der Waals surface area contributed by atoms with Crippen molar-refractivity contribution < 1.29 is 14.3 Å². The number of benzene rings is 1. The fourth-order valence-electron chi connectivity index (χ4n) is 1.71. The van der Waals surface area contributed by atoms with Crippen LogP contribution in [0.5, 0.6) is 0 Å². The fourth-order valence-corrected chi connectivity index (χ4v) is 1.71. The third-order valence-corrected chi connectivity index (χ3v) is 2.79. The average Bonchev–Trinajstić information content (AvgIpc) is 2.80. The first-order valence-corrected chi connectivity index (χ1v) is 5.76. The summed E-state index contributed by atoms with van der Waals surface area (Å²) in [7, 11) is 2.94. The van der Waals surface area contributed by atoms with Crippen molar-refractivity contribution in [2.24, 2.45) is 7.05 Å². The van der Waals surface area contributed by atoms with E-state index < -0.39 is 5.97 Å². The lowest BCUT2D eigenvalue weighted by Gasteiger charge is -2.01. The van der Waals surface area contributed by atoms with E-state index in [-0.39, 0.29) is 17.3 Å². The number of ketones is 1. The molecule has 2 rings (SSSR count). The quantitative estimate of drug-likeness (QED) is 0.621. The van der Waals surface area contributed by atoms with Gasteiger partial charge in [-0.15, -0.1) is 0 Å². The summed E-state index contributed by atoms with van der Waals surface area (Å²) in [6, 6.07) is 7.20. The Kier molecular flexibility index (Phi) is 3.46. The highest BCUT2D eigenvalue weighted by atomic mass is 16.5. The van der Waals surface area contributed by atoms with Gasteiger partial charge in [0.2, 0.25) is 5.78 Å². The first-order chi connectivity index (χ1) is 9.02. The van der Waals surface area contributed by atoms with Crippen LogP contribution >= 0.6 is 0 Å². The minimum atomic E-state index is -0.557. The van der Waals surface area contributed by atoms with Crippen LogP contribution in [0.1, 0.15) is 32.2 Å². The van der Waals surface area contributed by atoms with Crippen molar-refractivity contribution >= 4 is 11.8 Å². The van der Waals surface area contributed by atoms with Gasteiger partial charge in [0.1, 0.15) is 0 Å². The maximum Gasteiger partial charge on any atom is 0.358 e. The normalized spacial score (nSPS) is 10.3. The van der Waals surface area contributed by atoms with E-state index in [9.17, 15) is 9.59 Å². The lowest BCUT2D eigenvalue weighted by atomic mass is 10.1. The number of hydrogen-bond acceptors (Lipinski definition) is 4. The van der Waals surface area contributed by atoms with Crippen LogP contribution in [0.2, 0.25) is 0 Å². The molecule has 98 valence electrons. The van der Waals surface area contributed by atoms with Crippen LogP contribution in [0.25, 0.3) is 0 Å². The third-order valence-electron chi connectivity index (χ3n) is 2.79. The molecule has 2 aromatic rings. The molecule has 0 amide bonds. The number of carbonyl (C=O) groups is 2. The second-order valence-electron chi connectivity index (χ2n) is 4.25. The molecular weight excluding hydrogens is 244 g/mol. The van der Waals surface area contributed by atoms with E-state index in [2.05, 4.69) is 9.72 Å². The Balaban J connectivity index is 2.36. The smallest absolute Gasteiger partial charge is 0.358 e. The second-order valence-corrected chi connectivity index (χ2v) is 4.25. The zero-order chi connectivity index (χ0) is 14.0. The Morgan fingerprint density at radius 1 is 1.21 bits per heavy atom. The molecule has 1 heterocycles. The Morgan fingerprint density at radius 2 is 1.84 bits per heavy atom.